The van der Waals surface area contributed by atoms with Gasteiger partial charge in [0, 0.05) is 29.2 Å². The van der Waals surface area contributed by atoms with E-state index in [0.29, 0.717) is 5.57 Å². The lowest BCUT2D eigenvalue weighted by Crippen LogP contribution is -2.18. The highest BCUT2D eigenvalue weighted by atomic mass is 32.1. The van der Waals surface area contributed by atoms with E-state index in [0.717, 1.165) is 28.1 Å². The van der Waals surface area contributed by atoms with Crippen LogP contribution in [0.4, 0.5) is 5.13 Å². The van der Waals surface area contributed by atoms with Gasteiger partial charge in [-0.1, -0.05) is 0 Å². The number of likely N-dealkylation sites (tertiary alicyclic amines) is 1. The van der Waals surface area contributed by atoms with Gasteiger partial charge in [0.2, 0.25) is 0 Å². The van der Waals surface area contributed by atoms with Gasteiger partial charge in [-0.3, -0.25) is 4.90 Å². The van der Waals surface area contributed by atoms with E-state index in [1.54, 1.807) is 17.5 Å². The Morgan fingerprint density at radius 2 is 2.18 bits per heavy atom. The fourth-order valence-electron chi connectivity index (χ4n) is 2.37. The van der Waals surface area contributed by atoms with Gasteiger partial charge in [-0.15, -0.1) is 22.7 Å². The molecule has 7 heteroatoms. The Balaban J connectivity index is 1.64. The van der Waals surface area contributed by atoms with Crippen molar-refractivity contribution < 1.29 is 0 Å². The standard InChI is InChI=1S/C15H17N5S2/c1-11-9-21-14(18-11)12(6-16)7-17-15-19-13(10-22-15)8-20-4-2-3-5-20/h7,9-10H,2-5,8H2,1H3,(H,17,19)/b12-7+. The third-order valence-electron chi connectivity index (χ3n) is 3.45. The lowest BCUT2D eigenvalue weighted by atomic mass is 10.3. The molecular formula is C15H17N5S2. The first-order valence-electron chi connectivity index (χ1n) is 7.20. The number of anilines is 1. The zero-order chi connectivity index (χ0) is 15.4. The fraction of sp³-hybridized carbons (Fsp3) is 0.400. The molecule has 2 aromatic rings. The van der Waals surface area contributed by atoms with E-state index in [-0.39, 0.29) is 0 Å². The Bertz CT molecular complexity index is 704. The molecule has 3 heterocycles. The van der Waals surface area contributed by atoms with Crippen LogP contribution in [0.1, 0.15) is 29.2 Å². The lowest BCUT2D eigenvalue weighted by molar-refractivity contribution is 0.328. The molecule has 1 fully saturated rings. The highest BCUT2D eigenvalue weighted by Crippen LogP contribution is 2.21. The van der Waals surface area contributed by atoms with Crippen molar-refractivity contribution in [3.8, 4) is 6.07 Å². The van der Waals surface area contributed by atoms with Gasteiger partial charge < -0.3 is 5.32 Å². The van der Waals surface area contributed by atoms with Gasteiger partial charge in [-0.25, -0.2) is 9.97 Å². The number of aromatic nitrogens is 2. The highest BCUT2D eigenvalue weighted by molar-refractivity contribution is 7.13. The van der Waals surface area contributed by atoms with E-state index in [9.17, 15) is 5.26 Å². The molecule has 0 atom stereocenters. The highest BCUT2D eigenvalue weighted by Gasteiger charge is 2.13. The molecule has 0 unspecified atom stereocenters. The maximum absolute atomic E-state index is 9.25. The number of nitrogens with zero attached hydrogens (tertiary/aromatic N) is 4. The van der Waals surface area contributed by atoms with Crippen molar-refractivity contribution in [2.45, 2.75) is 26.3 Å². The Hall–Kier alpha value is -1.75. The number of rotatable bonds is 5. The topological polar surface area (TPSA) is 64.8 Å². The lowest BCUT2D eigenvalue weighted by Gasteiger charge is -2.11. The molecule has 1 aliphatic heterocycles. The second-order valence-electron chi connectivity index (χ2n) is 5.24. The molecule has 1 saturated heterocycles. The minimum absolute atomic E-state index is 0.536. The van der Waals surface area contributed by atoms with Gasteiger partial charge in [-0.05, 0) is 32.9 Å². The van der Waals surface area contributed by atoms with Crippen LogP contribution in [0.3, 0.4) is 0 Å². The first-order valence-corrected chi connectivity index (χ1v) is 8.96. The number of thiazole rings is 2. The van der Waals surface area contributed by atoms with E-state index >= 15 is 0 Å². The van der Waals surface area contributed by atoms with Gasteiger partial charge in [-0.2, -0.15) is 5.26 Å². The molecule has 0 aliphatic carbocycles. The fourth-order valence-corrected chi connectivity index (χ4v) is 3.80. The molecule has 114 valence electrons. The van der Waals surface area contributed by atoms with Crippen LogP contribution in [-0.2, 0) is 6.54 Å². The van der Waals surface area contributed by atoms with Gasteiger partial charge in [0.25, 0.3) is 0 Å². The number of allylic oxidation sites excluding steroid dienone is 1. The number of hydrogen-bond acceptors (Lipinski definition) is 7. The minimum atomic E-state index is 0.536. The number of nitriles is 1. The largest absolute Gasteiger partial charge is 0.337 e. The van der Waals surface area contributed by atoms with Crippen LogP contribution in [-0.4, -0.2) is 28.0 Å². The molecule has 1 N–H and O–H groups in total. The van der Waals surface area contributed by atoms with Gasteiger partial charge in [0.05, 0.1) is 5.69 Å². The predicted molar refractivity (Wildman–Crippen MR) is 90.7 cm³/mol. The predicted octanol–water partition coefficient (Wildman–Crippen LogP) is 3.48. The van der Waals surface area contributed by atoms with Gasteiger partial charge >= 0.3 is 0 Å². The molecule has 0 amide bonds. The summed E-state index contributed by atoms with van der Waals surface area (Å²) in [6, 6.07) is 2.18. The van der Waals surface area contributed by atoms with Crippen molar-refractivity contribution in [2.24, 2.45) is 0 Å². The van der Waals surface area contributed by atoms with Crippen LogP contribution in [0, 0.1) is 18.3 Å². The van der Waals surface area contributed by atoms with E-state index < -0.39 is 0 Å². The summed E-state index contributed by atoms with van der Waals surface area (Å²) in [7, 11) is 0. The van der Waals surface area contributed by atoms with Gasteiger partial charge in [0.15, 0.2) is 5.13 Å². The van der Waals surface area contributed by atoms with Crippen molar-refractivity contribution in [3.05, 3.63) is 33.4 Å². The van der Waals surface area contributed by atoms with Crippen LogP contribution >= 0.6 is 22.7 Å². The third kappa shape index (κ3) is 3.71. The summed E-state index contributed by atoms with van der Waals surface area (Å²) in [6.45, 7) is 5.18. The molecule has 1 aliphatic rings. The molecule has 0 bridgehead atoms. The average molecular weight is 331 g/mol. The van der Waals surface area contributed by atoms with Crippen LogP contribution in [0.15, 0.2) is 17.0 Å². The average Bonchev–Trinajstić information content (AvgIpc) is 3.24. The first-order chi connectivity index (χ1) is 10.7. The summed E-state index contributed by atoms with van der Waals surface area (Å²) < 4.78 is 0. The van der Waals surface area contributed by atoms with Crippen LogP contribution in [0.25, 0.3) is 5.57 Å². The quantitative estimate of drug-likeness (QED) is 0.850. The summed E-state index contributed by atoms with van der Waals surface area (Å²) in [6.07, 6.45) is 4.27. The zero-order valence-electron chi connectivity index (χ0n) is 12.4. The van der Waals surface area contributed by atoms with Crippen molar-refractivity contribution >= 4 is 33.4 Å². The molecule has 0 aromatic carbocycles. The second-order valence-corrected chi connectivity index (χ2v) is 6.95. The normalized spacial score (nSPS) is 15.9. The van der Waals surface area contributed by atoms with Crippen LogP contribution in [0.5, 0.6) is 0 Å². The van der Waals surface area contributed by atoms with Crippen LogP contribution < -0.4 is 5.32 Å². The summed E-state index contributed by atoms with van der Waals surface area (Å²) in [5.41, 5.74) is 2.56. The van der Waals surface area contributed by atoms with Crippen LogP contribution in [0.2, 0.25) is 0 Å². The summed E-state index contributed by atoms with van der Waals surface area (Å²) in [4.78, 5) is 11.3. The van der Waals surface area contributed by atoms with E-state index in [1.807, 2.05) is 12.3 Å². The smallest absolute Gasteiger partial charge is 0.186 e. The third-order valence-corrected chi connectivity index (χ3v) is 5.26. The van der Waals surface area contributed by atoms with Crippen molar-refractivity contribution in [1.82, 2.24) is 14.9 Å². The molecule has 5 nitrogen and oxygen atoms in total. The van der Waals surface area contributed by atoms with Gasteiger partial charge in [0.1, 0.15) is 16.6 Å². The van der Waals surface area contributed by atoms with Crippen molar-refractivity contribution in [2.75, 3.05) is 18.4 Å². The Kier molecular flexibility index (Phi) is 4.83. The summed E-state index contributed by atoms with van der Waals surface area (Å²) >= 11 is 3.04. The van der Waals surface area contributed by atoms with E-state index in [4.69, 9.17) is 0 Å². The summed E-state index contributed by atoms with van der Waals surface area (Å²) in [5, 5.41) is 17.9. The van der Waals surface area contributed by atoms with E-state index in [2.05, 4.69) is 31.6 Å². The Labute approximate surface area is 137 Å². The second kappa shape index (κ2) is 7.01. The molecule has 22 heavy (non-hydrogen) atoms. The molecule has 3 rings (SSSR count). The first kappa shape index (κ1) is 15.2. The number of nitrogens with one attached hydrogen (secondary N) is 1. The molecular weight excluding hydrogens is 314 g/mol. The molecule has 0 spiro atoms. The maximum Gasteiger partial charge on any atom is 0.186 e. The monoisotopic (exact) mass is 331 g/mol. The molecule has 0 radical (unpaired) electrons. The van der Waals surface area contributed by atoms with Crippen molar-refractivity contribution in [1.29, 1.82) is 5.26 Å². The van der Waals surface area contributed by atoms with E-state index in [1.165, 1.54) is 37.3 Å². The Morgan fingerprint density at radius 3 is 2.86 bits per heavy atom. The summed E-state index contributed by atoms with van der Waals surface area (Å²) in [5.74, 6) is 0. The van der Waals surface area contributed by atoms with Crippen molar-refractivity contribution in [3.63, 3.8) is 0 Å². The SMILES string of the molecule is Cc1csc(/C(C#N)=C/Nc2nc(CN3CCCC3)cs2)n1. The minimum Gasteiger partial charge on any atom is -0.337 e. The number of hydrogen-bond donors (Lipinski definition) is 1. The molecule has 0 saturated carbocycles. The molecule has 2 aromatic heterocycles. The maximum atomic E-state index is 9.25. The number of aryl methyl sites for hydroxylation is 1. The zero-order valence-corrected chi connectivity index (χ0v) is 14.0. The Morgan fingerprint density at radius 1 is 1.36 bits per heavy atom.